The van der Waals surface area contributed by atoms with Gasteiger partial charge >= 0.3 is 0 Å². The highest BCUT2D eigenvalue weighted by Crippen LogP contribution is 2.34. The SMILES string of the molecule is Cc1csc2nc(CN3C[C@H](C(=O)N4CCOCC4)Oc4ccccc43)cc(=O)n12. The predicted octanol–water partition coefficient (Wildman–Crippen LogP) is 1.69. The van der Waals surface area contributed by atoms with Crippen LogP contribution in [0, 0.1) is 6.92 Å². The number of thiazole rings is 1. The molecule has 1 fully saturated rings. The Hall–Kier alpha value is -2.91. The zero-order chi connectivity index (χ0) is 20.7. The van der Waals surface area contributed by atoms with Gasteiger partial charge in [0.2, 0.25) is 0 Å². The number of ether oxygens (including phenoxy) is 2. The first kappa shape index (κ1) is 19.1. The lowest BCUT2D eigenvalue weighted by Gasteiger charge is -2.38. The lowest BCUT2D eigenvalue weighted by Crippen LogP contribution is -2.52. The number of aromatic nitrogens is 2. The van der Waals surface area contributed by atoms with Gasteiger partial charge in [-0.15, -0.1) is 11.3 Å². The first-order chi connectivity index (χ1) is 14.6. The quantitative estimate of drug-likeness (QED) is 0.635. The van der Waals surface area contributed by atoms with Crippen molar-refractivity contribution in [1.29, 1.82) is 0 Å². The molecule has 0 spiro atoms. The second kappa shape index (κ2) is 7.73. The van der Waals surface area contributed by atoms with Crippen molar-refractivity contribution in [1.82, 2.24) is 14.3 Å². The van der Waals surface area contributed by atoms with E-state index >= 15 is 0 Å². The summed E-state index contributed by atoms with van der Waals surface area (Å²) in [6.07, 6.45) is -0.605. The molecule has 0 unspecified atom stereocenters. The summed E-state index contributed by atoms with van der Waals surface area (Å²) in [7, 11) is 0. The van der Waals surface area contributed by atoms with Gasteiger partial charge in [0.15, 0.2) is 11.1 Å². The van der Waals surface area contributed by atoms with E-state index < -0.39 is 6.10 Å². The van der Waals surface area contributed by atoms with E-state index in [1.807, 2.05) is 36.6 Å². The Kier molecular flexibility index (Phi) is 4.92. The number of carbonyl (C=O) groups excluding carboxylic acids is 1. The first-order valence-electron chi connectivity index (χ1n) is 9.94. The molecule has 0 saturated carbocycles. The molecule has 4 heterocycles. The molecule has 2 aliphatic rings. The molecule has 2 aliphatic heterocycles. The summed E-state index contributed by atoms with van der Waals surface area (Å²) in [4.78, 5) is 34.8. The smallest absolute Gasteiger partial charge is 0.265 e. The van der Waals surface area contributed by atoms with Crippen LogP contribution in [0.3, 0.4) is 0 Å². The van der Waals surface area contributed by atoms with E-state index in [1.54, 1.807) is 15.4 Å². The lowest BCUT2D eigenvalue weighted by atomic mass is 10.1. The van der Waals surface area contributed by atoms with Gasteiger partial charge in [-0.25, -0.2) is 4.98 Å². The Bertz CT molecular complexity index is 1150. The van der Waals surface area contributed by atoms with Gasteiger partial charge in [-0.3, -0.25) is 14.0 Å². The summed E-state index contributed by atoms with van der Waals surface area (Å²) in [5, 5.41) is 1.93. The van der Waals surface area contributed by atoms with E-state index in [9.17, 15) is 9.59 Å². The summed E-state index contributed by atoms with van der Waals surface area (Å²) in [6.45, 7) is 4.97. The van der Waals surface area contributed by atoms with Gasteiger partial charge in [-0.1, -0.05) is 12.1 Å². The number of nitrogens with zero attached hydrogens (tertiary/aromatic N) is 4. The van der Waals surface area contributed by atoms with Crippen molar-refractivity contribution in [2.24, 2.45) is 0 Å². The van der Waals surface area contributed by atoms with Crippen LogP contribution in [0.5, 0.6) is 5.75 Å². The minimum atomic E-state index is -0.605. The highest BCUT2D eigenvalue weighted by Gasteiger charge is 2.34. The summed E-state index contributed by atoms with van der Waals surface area (Å²) < 4.78 is 13.0. The number of amides is 1. The summed E-state index contributed by atoms with van der Waals surface area (Å²) in [6, 6.07) is 9.24. The van der Waals surface area contributed by atoms with Crippen molar-refractivity contribution in [3.63, 3.8) is 0 Å². The molecule has 1 amide bonds. The number of hydrogen-bond donors (Lipinski definition) is 0. The van der Waals surface area contributed by atoms with Crippen LogP contribution in [0.25, 0.3) is 4.96 Å². The van der Waals surface area contributed by atoms with Gasteiger partial charge in [-0.2, -0.15) is 0 Å². The summed E-state index contributed by atoms with van der Waals surface area (Å²) >= 11 is 1.45. The third kappa shape index (κ3) is 3.44. The number of benzene rings is 1. The fourth-order valence-corrected chi connectivity index (χ4v) is 4.84. The summed E-state index contributed by atoms with van der Waals surface area (Å²) in [5.74, 6) is 0.635. The summed E-state index contributed by atoms with van der Waals surface area (Å²) in [5.41, 5.74) is 2.37. The van der Waals surface area contributed by atoms with Crippen LogP contribution in [0.15, 0.2) is 40.5 Å². The van der Waals surface area contributed by atoms with Gasteiger partial charge in [0.25, 0.3) is 11.5 Å². The van der Waals surface area contributed by atoms with E-state index in [4.69, 9.17) is 9.47 Å². The molecule has 30 heavy (non-hydrogen) atoms. The van der Waals surface area contributed by atoms with Gasteiger partial charge in [0.05, 0.1) is 37.7 Å². The molecule has 1 atom stereocenters. The number of aryl methyl sites for hydroxylation is 1. The standard InChI is InChI=1S/C21H22N4O4S/c1-14-13-30-21-22-15(10-19(26)25(14)21)11-24-12-18(20(27)23-6-8-28-9-7-23)29-17-5-3-2-4-16(17)24/h2-5,10,13,18H,6-9,11-12H2,1H3/t18-/m1/s1. The fourth-order valence-electron chi connectivity index (χ4n) is 3.95. The number of carbonyl (C=O) groups is 1. The molecular weight excluding hydrogens is 404 g/mol. The van der Waals surface area contributed by atoms with Gasteiger partial charge < -0.3 is 19.3 Å². The Morgan fingerprint density at radius 2 is 2.07 bits per heavy atom. The molecule has 0 bridgehead atoms. The van der Waals surface area contributed by atoms with E-state index in [1.165, 1.54) is 11.3 Å². The van der Waals surface area contributed by atoms with E-state index in [-0.39, 0.29) is 11.5 Å². The van der Waals surface area contributed by atoms with Crippen molar-refractivity contribution >= 4 is 27.9 Å². The molecule has 8 nitrogen and oxygen atoms in total. The number of fused-ring (bicyclic) bond motifs is 2. The number of para-hydroxylation sites is 2. The zero-order valence-electron chi connectivity index (χ0n) is 16.6. The molecule has 3 aromatic rings. The maximum atomic E-state index is 13.0. The van der Waals surface area contributed by atoms with Crippen LogP contribution in [0.1, 0.15) is 11.4 Å². The Morgan fingerprint density at radius 1 is 1.27 bits per heavy atom. The third-order valence-electron chi connectivity index (χ3n) is 5.44. The van der Waals surface area contributed by atoms with E-state index in [0.29, 0.717) is 55.8 Å². The molecule has 1 saturated heterocycles. The van der Waals surface area contributed by atoms with Crippen LogP contribution in [0.2, 0.25) is 0 Å². The first-order valence-corrected chi connectivity index (χ1v) is 10.8. The number of morpholine rings is 1. The maximum absolute atomic E-state index is 13.0. The van der Waals surface area contributed by atoms with Crippen LogP contribution in [-0.2, 0) is 16.1 Å². The molecule has 5 rings (SSSR count). The zero-order valence-corrected chi connectivity index (χ0v) is 17.4. The fraction of sp³-hybridized carbons (Fsp3) is 0.381. The normalized spacial score (nSPS) is 18.9. The van der Waals surface area contributed by atoms with Gasteiger partial charge in [0.1, 0.15) is 5.75 Å². The molecule has 0 N–H and O–H groups in total. The molecule has 0 radical (unpaired) electrons. The van der Waals surface area contributed by atoms with Gasteiger partial charge in [0, 0.05) is 30.2 Å². The molecule has 1 aromatic carbocycles. The Balaban J connectivity index is 1.44. The maximum Gasteiger partial charge on any atom is 0.265 e. The lowest BCUT2D eigenvalue weighted by molar-refractivity contribution is -0.142. The predicted molar refractivity (Wildman–Crippen MR) is 113 cm³/mol. The second-order valence-electron chi connectivity index (χ2n) is 7.47. The monoisotopic (exact) mass is 426 g/mol. The average Bonchev–Trinajstić information content (AvgIpc) is 3.15. The number of rotatable bonds is 3. The second-order valence-corrected chi connectivity index (χ2v) is 8.31. The highest BCUT2D eigenvalue weighted by atomic mass is 32.1. The third-order valence-corrected chi connectivity index (χ3v) is 6.38. The topological polar surface area (TPSA) is 76.4 Å². The van der Waals surface area contributed by atoms with Crippen molar-refractivity contribution < 1.29 is 14.3 Å². The molecule has 9 heteroatoms. The van der Waals surface area contributed by atoms with Crippen molar-refractivity contribution in [3.8, 4) is 5.75 Å². The van der Waals surface area contributed by atoms with Crippen molar-refractivity contribution in [2.45, 2.75) is 19.6 Å². The molecule has 156 valence electrons. The number of anilines is 1. The van der Waals surface area contributed by atoms with Crippen LogP contribution in [0.4, 0.5) is 5.69 Å². The Morgan fingerprint density at radius 3 is 2.90 bits per heavy atom. The molecule has 2 aromatic heterocycles. The van der Waals surface area contributed by atoms with E-state index in [2.05, 4.69) is 9.88 Å². The van der Waals surface area contributed by atoms with Gasteiger partial charge in [-0.05, 0) is 19.1 Å². The van der Waals surface area contributed by atoms with Crippen molar-refractivity contribution in [2.75, 3.05) is 37.7 Å². The van der Waals surface area contributed by atoms with Crippen LogP contribution in [-0.4, -0.2) is 59.1 Å². The van der Waals surface area contributed by atoms with Crippen molar-refractivity contribution in [3.05, 3.63) is 57.5 Å². The molecule has 0 aliphatic carbocycles. The minimum Gasteiger partial charge on any atom is -0.477 e. The number of hydrogen-bond acceptors (Lipinski definition) is 7. The van der Waals surface area contributed by atoms with E-state index in [0.717, 1.165) is 11.4 Å². The van der Waals surface area contributed by atoms with Crippen LogP contribution >= 0.6 is 11.3 Å². The largest absolute Gasteiger partial charge is 0.477 e. The van der Waals surface area contributed by atoms with Crippen LogP contribution < -0.4 is 15.2 Å². The molecular formula is C21H22N4O4S. The minimum absolute atomic E-state index is 0.0323. The average molecular weight is 426 g/mol. The Labute approximate surface area is 177 Å². The highest BCUT2D eigenvalue weighted by molar-refractivity contribution is 7.15.